The molecule has 23 heavy (non-hydrogen) atoms. The second-order valence-corrected chi connectivity index (χ2v) is 7.26. The Bertz CT molecular complexity index is 914. The predicted octanol–water partition coefficient (Wildman–Crippen LogP) is 2.93. The molecule has 1 aliphatic rings. The van der Waals surface area contributed by atoms with Crippen molar-refractivity contribution < 1.29 is 22.7 Å². The van der Waals surface area contributed by atoms with Crippen molar-refractivity contribution >= 4 is 33.3 Å². The van der Waals surface area contributed by atoms with Crippen LogP contribution in [0.25, 0.3) is 0 Å². The SMILES string of the molecule is O=C(O)c1cc(S(=O)(=O)N2CCc3ccccc32)c(Cl)cc1F. The fourth-order valence-corrected chi connectivity index (χ4v) is 4.59. The third kappa shape index (κ3) is 2.55. The van der Waals surface area contributed by atoms with Gasteiger partial charge in [0.05, 0.1) is 16.3 Å². The van der Waals surface area contributed by atoms with Crippen molar-refractivity contribution in [3.63, 3.8) is 0 Å². The van der Waals surface area contributed by atoms with Crippen LogP contribution in [0.3, 0.4) is 0 Å². The van der Waals surface area contributed by atoms with E-state index in [1.165, 1.54) is 0 Å². The van der Waals surface area contributed by atoms with Crippen molar-refractivity contribution in [1.82, 2.24) is 0 Å². The van der Waals surface area contributed by atoms with Gasteiger partial charge in [0.15, 0.2) is 0 Å². The van der Waals surface area contributed by atoms with E-state index in [4.69, 9.17) is 16.7 Å². The summed E-state index contributed by atoms with van der Waals surface area (Å²) in [6.45, 7) is 0.220. The van der Waals surface area contributed by atoms with Crippen LogP contribution in [0, 0.1) is 5.82 Å². The Balaban J connectivity index is 2.15. The molecule has 0 aliphatic carbocycles. The van der Waals surface area contributed by atoms with E-state index >= 15 is 0 Å². The number of benzene rings is 2. The number of hydrogen-bond acceptors (Lipinski definition) is 3. The van der Waals surface area contributed by atoms with E-state index < -0.39 is 32.3 Å². The molecule has 2 aromatic rings. The predicted molar refractivity (Wildman–Crippen MR) is 83.0 cm³/mol. The largest absolute Gasteiger partial charge is 0.478 e. The van der Waals surface area contributed by atoms with Crippen molar-refractivity contribution in [1.29, 1.82) is 0 Å². The molecule has 5 nitrogen and oxygen atoms in total. The number of anilines is 1. The van der Waals surface area contributed by atoms with E-state index in [0.29, 0.717) is 18.2 Å². The zero-order chi connectivity index (χ0) is 16.8. The second kappa shape index (κ2) is 5.50. The van der Waals surface area contributed by atoms with Gasteiger partial charge < -0.3 is 5.11 Å². The highest BCUT2D eigenvalue weighted by Gasteiger charge is 2.33. The fraction of sp³-hybridized carbons (Fsp3) is 0.133. The maximum absolute atomic E-state index is 13.6. The maximum atomic E-state index is 13.6. The summed E-state index contributed by atoms with van der Waals surface area (Å²) < 4.78 is 40.4. The zero-order valence-electron chi connectivity index (χ0n) is 11.7. The Morgan fingerprint density at radius 3 is 2.65 bits per heavy atom. The van der Waals surface area contributed by atoms with Gasteiger partial charge in [-0.1, -0.05) is 29.8 Å². The lowest BCUT2D eigenvalue weighted by Gasteiger charge is -2.20. The van der Waals surface area contributed by atoms with Gasteiger partial charge in [0.2, 0.25) is 0 Å². The lowest BCUT2D eigenvalue weighted by atomic mass is 10.2. The van der Waals surface area contributed by atoms with Gasteiger partial charge in [-0.2, -0.15) is 0 Å². The fourth-order valence-electron chi connectivity index (χ4n) is 2.57. The van der Waals surface area contributed by atoms with E-state index in [-0.39, 0.29) is 11.6 Å². The van der Waals surface area contributed by atoms with E-state index in [1.54, 1.807) is 12.1 Å². The minimum Gasteiger partial charge on any atom is -0.478 e. The van der Waals surface area contributed by atoms with E-state index in [9.17, 15) is 17.6 Å². The van der Waals surface area contributed by atoms with Crippen molar-refractivity contribution in [3.8, 4) is 0 Å². The monoisotopic (exact) mass is 355 g/mol. The van der Waals surface area contributed by atoms with Crippen molar-refractivity contribution in [2.75, 3.05) is 10.8 Å². The molecule has 8 heteroatoms. The number of aromatic carboxylic acids is 1. The zero-order valence-corrected chi connectivity index (χ0v) is 13.2. The Kier molecular flexibility index (Phi) is 3.77. The number of fused-ring (bicyclic) bond motifs is 1. The minimum absolute atomic E-state index is 0.220. The highest BCUT2D eigenvalue weighted by molar-refractivity contribution is 7.93. The van der Waals surface area contributed by atoms with Crippen molar-refractivity contribution in [2.45, 2.75) is 11.3 Å². The number of rotatable bonds is 3. The molecule has 0 spiro atoms. The van der Waals surface area contributed by atoms with Gasteiger partial charge in [0.1, 0.15) is 10.7 Å². The summed E-state index contributed by atoms with van der Waals surface area (Å²) in [5.74, 6) is -2.64. The molecule has 1 N–H and O–H groups in total. The van der Waals surface area contributed by atoms with E-state index in [2.05, 4.69) is 0 Å². The average Bonchev–Trinajstić information content (AvgIpc) is 2.91. The van der Waals surface area contributed by atoms with Crippen molar-refractivity contribution in [2.24, 2.45) is 0 Å². The second-order valence-electron chi connectivity index (χ2n) is 5.02. The Morgan fingerprint density at radius 2 is 1.96 bits per heavy atom. The molecule has 3 rings (SSSR count). The number of hydrogen-bond donors (Lipinski definition) is 1. The van der Waals surface area contributed by atoms with Gasteiger partial charge >= 0.3 is 5.97 Å². The number of halogens is 2. The van der Waals surface area contributed by atoms with E-state index in [1.807, 2.05) is 12.1 Å². The summed E-state index contributed by atoms with van der Waals surface area (Å²) in [7, 11) is -4.08. The summed E-state index contributed by atoms with van der Waals surface area (Å²) in [6, 6.07) is 8.47. The molecule has 0 amide bonds. The molecular formula is C15H11ClFNO4S. The highest BCUT2D eigenvalue weighted by atomic mass is 35.5. The summed E-state index contributed by atoms with van der Waals surface area (Å²) in [5, 5.41) is 8.63. The van der Waals surface area contributed by atoms with Gasteiger partial charge in [-0.25, -0.2) is 17.6 Å². The van der Waals surface area contributed by atoms with Crippen LogP contribution in [0.1, 0.15) is 15.9 Å². The third-order valence-electron chi connectivity index (χ3n) is 3.66. The van der Waals surface area contributed by atoms with Gasteiger partial charge in [0.25, 0.3) is 10.0 Å². The summed E-state index contributed by atoms with van der Waals surface area (Å²) in [4.78, 5) is 10.6. The Hall–Kier alpha value is -2.12. The molecule has 0 radical (unpaired) electrons. The molecule has 1 heterocycles. The molecule has 0 saturated carbocycles. The molecule has 0 bridgehead atoms. The average molecular weight is 356 g/mol. The first-order valence-electron chi connectivity index (χ1n) is 6.65. The Labute approximate surface area is 137 Å². The van der Waals surface area contributed by atoms with Crippen LogP contribution in [0.15, 0.2) is 41.3 Å². The van der Waals surface area contributed by atoms with Crippen molar-refractivity contribution in [3.05, 3.63) is 58.4 Å². The first-order chi connectivity index (χ1) is 10.8. The van der Waals surface area contributed by atoms with Gasteiger partial charge in [-0.3, -0.25) is 4.31 Å². The molecule has 0 saturated heterocycles. The topological polar surface area (TPSA) is 74.7 Å². The quantitative estimate of drug-likeness (QED) is 0.918. The molecule has 2 aromatic carbocycles. The standard InChI is InChI=1S/C15H11ClFNO4S/c16-11-8-12(17)10(15(19)20)7-14(11)23(21,22)18-6-5-9-3-1-2-4-13(9)18/h1-4,7-8H,5-6H2,(H,19,20). The van der Waals surface area contributed by atoms with Crippen LogP contribution in [0.2, 0.25) is 5.02 Å². The molecule has 120 valence electrons. The first-order valence-corrected chi connectivity index (χ1v) is 8.47. The number of sulfonamides is 1. The number of carboxylic acids is 1. The van der Waals surface area contributed by atoms with Gasteiger partial charge in [-0.05, 0) is 30.2 Å². The summed E-state index contributed by atoms with van der Waals surface area (Å²) in [6.07, 6.45) is 0.542. The van der Waals surface area contributed by atoms with Crippen LogP contribution in [-0.4, -0.2) is 26.0 Å². The molecule has 1 aliphatic heterocycles. The molecule has 0 atom stereocenters. The lowest BCUT2D eigenvalue weighted by molar-refractivity contribution is 0.0691. The van der Waals surface area contributed by atoms with Crippen LogP contribution in [0.4, 0.5) is 10.1 Å². The summed E-state index contributed by atoms with van der Waals surface area (Å²) >= 11 is 5.86. The minimum atomic E-state index is -4.08. The number of carboxylic acid groups (broad SMARTS) is 1. The first kappa shape index (κ1) is 15.8. The highest BCUT2D eigenvalue weighted by Crippen LogP contribution is 2.35. The van der Waals surface area contributed by atoms with Crippen LogP contribution >= 0.6 is 11.6 Å². The number of nitrogens with zero attached hydrogens (tertiary/aromatic N) is 1. The smallest absolute Gasteiger partial charge is 0.338 e. The molecule has 0 aromatic heterocycles. The number of para-hydroxylation sites is 1. The summed E-state index contributed by atoms with van der Waals surface area (Å²) in [5.41, 5.74) is 0.651. The number of carbonyl (C=O) groups is 1. The van der Waals surface area contributed by atoms with Crippen LogP contribution in [-0.2, 0) is 16.4 Å². The maximum Gasteiger partial charge on any atom is 0.338 e. The van der Waals surface area contributed by atoms with Crippen LogP contribution in [0.5, 0.6) is 0 Å². The molecule has 0 fully saturated rings. The molecule has 0 unspecified atom stereocenters. The molecular weight excluding hydrogens is 345 g/mol. The van der Waals surface area contributed by atoms with Crippen LogP contribution < -0.4 is 4.31 Å². The van der Waals surface area contributed by atoms with Gasteiger partial charge in [-0.15, -0.1) is 0 Å². The normalized spacial score (nSPS) is 13.9. The third-order valence-corrected chi connectivity index (χ3v) is 5.94. The Morgan fingerprint density at radius 1 is 1.26 bits per heavy atom. The van der Waals surface area contributed by atoms with Gasteiger partial charge in [0, 0.05) is 6.54 Å². The van der Waals surface area contributed by atoms with E-state index in [0.717, 1.165) is 15.9 Å². The lowest BCUT2D eigenvalue weighted by Crippen LogP contribution is -2.29.